The first kappa shape index (κ1) is 25.2. The van der Waals surface area contributed by atoms with Crippen molar-refractivity contribution in [1.82, 2.24) is 9.80 Å². The highest BCUT2D eigenvalue weighted by molar-refractivity contribution is 7.91. The van der Waals surface area contributed by atoms with E-state index in [2.05, 4.69) is 4.90 Å². The summed E-state index contributed by atoms with van der Waals surface area (Å²) in [5, 5.41) is 0. The summed E-state index contributed by atoms with van der Waals surface area (Å²) in [7, 11) is -2.87. The number of carbonyl (C=O) groups excluding carboxylic acids is 1. The summed E-state index contributed by atoms with van der Waals surface area (Å²) in [5.74, 6) is 0.486. The lowest BCUT2D eigenvalue weighted by Gasteiger charge is -2.38. The molecule has 2 aliphatic rings. The highest BCUT2D eigenvalue weighted by Crippen LogP contribution is 2.22. The Kier molecular flexibility index (Phi) is 9.70. The molecule has 0 spiro atoms. The van der Waals surface area contributed by atoms with Gasteiger partial charge in [0.2, 0.25) is 0 Å². The first-order chi connectivity index (χ1) is 12.4. The average Bonchev–Trinajstić information content (AvgIpc) is 2.63. The Balaban J connectivity index is 0.00000196. The van der Waals surface area contributed by atoms with Crippen LogP contribution < -0.4 is 5.73 Å². The molecule has 160 valence electrons. The third-order valence-corrected chi connectivity index (χ3v) is 7.04. The fourth-order valence-corrected chi connectivity index (χ4v) is 5.17. The molecule has 6 nitrogen and oxygen atoms in total. The van der Waals surface area contributed by atoms with Crippen molar-refractivity contribution in [2.45, 2.75) is 44.8 Å². The molecule has 2 fully saturated rings. The second kappa shape index (κ2) is 10.8. The Bertz CT molecular complexity index is 745. The van der Waals surface area contributed by atoms with Crippen LogP contribution in [0.25, 0.3) is 0 Å². The molecular weight excluding hydrogens is 421 g/mol. The molecule has 2 N–H and O–H groups in total. The summed E-state index contributed by atoms with van der Waals surface area (Å²) in [5.41, 5.74) is 7.84. The number of sulfone groups is 1. The van der Waals surface area contributed by atoms with Gasteiger partial charge in [-0.25, -0.2) is 8.42 Å². The van der Waals surface area contributed by atoms with Crippen LogP contribution in [-0.4, -0.2) is 67.3 Å². The van der Waals surface area contributed by atoms with Gasteiger partial charge < -0.3 is 10.6 Å². The van der Waals surface area contributed by atoms with E-state index < -0.39 is 9.84 Å². The average molecular weight is 452 g/mol. The van der Waals surface area contributed by atoms with Crippen molar-refractivity contribution in [3.05, 3.63) is 35.4 Å². The van der Waals surface area contributed by atoms with Gasteiger partial charge in [0.25, 0.3) is 5.91 Å². The number of halogens is 2. The predicted octanol–water partition coefficient (Wildman–Crippen LogP) is 2.10. The Labute approximate surface area is 180 Å². The number of rotatable bonds is 4. The van der Waals surface area contributed by atoms with E-state index in [9.17, 15) is 13.2 Å². The van der Waals surface area contributed by atoms with Crippen LogP contribution in [0, 0.1) is 0 Å². The molecular formula is C19H31Cl2N3O3S. The molecule has 28 heavy (non-hydrogen) atoms. The summed E-state index contributed by atoms with van der Waals surface area (Å²) in [6.07, 6.45) is 3.11. The molecule has 2 aliphatic heterocycles. The quantitative estimate of drug-likeness (QED) is 0.757. The van der Waals surface area contributed by atoms with E-state index in [4.69, 9.17) is 5.73 Å². The number of carbonyl (C=O) groups is 1. The molecule has 0 aliphatic carbocycles. The standard InChI is InChI=1S/C19H29N3O3S.2ClH/c1-15(20)18-7-2-3-8-22(18)19(23)17-6-4-5-16(13-17)14-21-9-11-26(24,25)12-10-21;;/h4-6,13,15,18H,2-3,7-12,14,20H2,1H3;2*1H. The smallest absolute Gasteiger partial charge is 0.254 e. The summed E-state index contributed by atoms with van der Waals surface area (Å²) < 4.78 is 23.1. The molecule has 9 heteroatoms. The topological polar surface area (TPSA) is 83.7 Å². The third kappa shape index (κ3) is 6.32. The van der Waals surface area contributed by atoms with Crippen LogP contribution in [0.3, 0.4) is 0 Å². The van der Waals surface area contributed by atoms with E-state index >= 15 is 0 Å². The van der Waals surface area contributed by atoms with Gasteiger partial charge in [0.1, 0.15) is 0 Å². The van der Waals surface area contributed by atoms with Crippen LogP contribution in [0.15, 0.2) is 24.3 Å². The Morgan fingerprint density at radius 2 is 1.86 bits per heavy atom. The molecule has 0 saturated carbocycles. The molecule has 1 amide bonds. The molecule has 3 rings (SSSR count). The van der Waals surface area contributed by atoms with Crippen LogP contribution in [0.2, 0.25) is 0 Å². The number of nitrogens with two attached hydrogens (primary N) is 1. The van der Waals surface area contributed by atoms with Gasteiger partial charge in [-0.05, 0) is 43.9 Å². The van der Waals surface area contributed by atoms with Gasteiger partial charge in [0.15, 0.2) is 9.84 Å². The monoisotopic (exact) mass is 451 g/mol. The van der Waals surface area contributed by atoms with Gasteiger partial charge in [-0.1, -0.05) is 12.1 Å². The van der Waals surface area contributed by atoms with Crippen LogP contribution in [0.4, 0.5) is 0 Å². The molecule has 0 bridgehead atoms. The summed E-state index contributed by atoms with van der Waals surface area (Å²) in [6, 6.07) is 7.79. The van der Waals surface area contributed by atoms with Crippen molar-refractivity contribution in [3.8, 4) is 0 Å². The zero-order valence-electron chi connectivity index (χ0n) is 16.2. The maximum Gasteiger partial charge on any atom is 0.254 e. The van der Waals surface area contributed by atoms with E-state index in [1.165, 1.54) is 0 Å². The van der Waals surface area contributed by atoms with Crippen LogP contribution in [-0.2, 0) is 16.4 Å². The Hall–Kier alpha value is -0.860. The molecule has 0 aromatic heterocycles. The fraction of sp³-hybridized carbons (Fsp3) is 0.632. The van der Waals surface area contributed by atoms with Crippen LogP contribution in [0.5, 0.6) is 0 Å². The lowest BCUT2D eigenvalue weighted by atomic mass is 9.95. The number of benzene rings is 1. The van der Waals surface area contributed by atoms with Gasteiger partial charge in [-0.3, -0.25) is 9.69 Å². The minimum absolute atomic E-state index is 0. The predicted molar refractivity (Wildman–Crippen MR) is 117 cm³/mol. The SMILES string of the molecule is CC(N)C1CCCCN1C(=O)c1cccc(CN2CCS(=O)(=O)CC2)c1.Cl.Cl. The normalized spacial score (nSPS) is 23.2. The number of likely N-dealkylation sites (tertiary alicyclic amines) is 1. The molecule has 2 atom stereocenters. The fourth-order valence-electron chi connectivity index (χ4n) is 3.89. The second-order valence-electron chi connectivity index (χ2n) is 7.55. The minimum atomic E-state index is -2.87. The van der Waals surface area contributed by atoms with Crippen LogP contribution >= 0.6 is 24.8 Å². The van der Waals surface area contributed by atoms with Crippen molar-refractivity contribution < 1.29 is 13.2 Å². The van der Waals surface area contributed by atoms with Crippen molar-refractivity contribution in [1.29, 1.82) is 0 Å². The van der Waals surface area contributed by atoms with Crippen molar-refractivity contribution >= 4 is 40.6 Å². The summed E-state index contributed by atoms with van der Waals surface area (Å²) in [6.45, 7) is 4.52. The molecule has 1 aromatic rings. The maximum absolute atomic E-state index is 13.0. The molecule has 2 unspecified atom stereocenters. The molecule has 2 saturated heterocycles. The number of amides is 1. The minimum Gasteiger partial charge on any atom is -0.334 e. The summed E-state index contributed by atoms with van der Waals surface area (Å²) in [4.78, 5) is 17.1. The van der Waals surface area contributed by atoms with Crippen LogP contribution in [0.1, 0.15) is 42.1 Å². The molecule has 1 aromatic carbocycles. The van der Waals surface area contributed by atoms with E-state index in [1.54, 1.807) is 0 Å². The molecule has 0 radical (unpaired) electrons. The van der Waals surface area contributed by atoms with Crippen molar-refractivity contribution in [2.24, 2.45) is 5.73 Å². The van der Waals surface area contributed by atoms with Gasteiger partial charge in [-0.2, -0.15) is 0 Å². The Morgan fingerprint density at radius 3 is 2.50 bits per heavy atom. The van der Waals surface area contributed by atoms with Gasteiger partial charge in [0, 0.05) is 43.8 Å². The number of nitrogens with zero attached hydrogens (tertiary/aromatic N) is 2. The van der Waals surface area contributed by atoms with E-state index in [0.29, 0.717) is 25.2 Å². The first-order valence-electron chi connectivity index (χ1n) is 9.44. The number of piperidine rings is 1. The second-order valence-corrected chi connectivity index (χ2v) is 9.85. The molecule has 2 heterocycles. The summed E-state index contributed by atoms with van der Waals surface area (Å²) >= 11 is 0. The lowest BCUT2D eigenvalue weighted by Crippen LogP contribution is -2.51. The highest BCUT2D eigenvalue weighted by atomic mass is 35.5. The van der Waals surface area contributed by atoms with E-state index in [0.717, 1.165) is 31.4 Å². The third-order valence-electron chi connectivity index (χ3n) is 5.43. The largest absolute Gasteiger partial charge is 0.334 e. The van der Waals surface area contributed by atoms with E-state index in [1.807, 2.05) is 36.1 Å². The highest BCUT2D eigenvalue weighted by Gasteiger charge is 2.30. The van der Waals surface area contributed by atoms with Gasteiger partial charge >= 0.3 is 0 Å². The zero-order valence-corrected chi connectivity index (χ0v) is 18.7. The Morgan fingerprint density at radius 1 is 1.18 bits per heavy atom. The number of hydrogen-bond donors (Lipinski definition) is 1. The first-order valence-corrected chi connectivity index (χ1v) is 11.3. The lowest BCUT2D eigenvalue weighted by molar-refractivity contribution is 0.0583. The van der Waals surface area contributed by atoms with Crippen molar-refractivity contribution in [3.63, 3.8) is 0 Å². The van der Waals surface area contributed by atoms with Crippen molar-refractivity contribution in [2.75, 3.05) is 31.1 Å². The van der Waals surface area contributed by atoms with E-state index in [-0.39, 0.29) is 54.3 Å². The zero-order chi connectivity index (χ0) is 18.7. The van der Waals surface area contributed by atoms with Gasteiger partial charge in [-0.15, -0.1) is 24.8 Å². The maximum atomic E-state index is 13.0. The van der Waals surface area contributed by atoms with Gasteiger partial charge in [0.05, 0.1) is 11.5 Å². The number of hydrogen-bond acceptors (Lipinski definition) is 5.